The summed E-state index contributed by atoms with van der Waals surface area (Å²) in [6.07, 6.45) is -0.109. The van der Waals surface area contributed by atoms with Crippen molar-refractivity contribution in [3.63, 3.8) is 0 Å². The molecule has 1 amide bonds. The van der Waals surface area contributed by atoms with Crippen molar-refractivity contribution in [2.45, 2.75) is 11.2 Å². The van der Waals surface area contributed by atoms with Gasteiger partial charge in [-0.05, 0) is 23.9 Å². The van der Waals surface area contributed by atoms with Crippen molar-refractivity contribution in [3.8, 4) is 0 Å². The van der Waals surface area contributed by atoms with Crippen LogP contribution in [0.4, 0.5) is 9.80 Å². The maximum Gasteiger partial charge on any atom is 0.412 e. The monoisotopic (exact) mass is 355 g/mol. The van der Waals surface area contributed by atoms with Gasteiger partial charge in [0.05, 0.1) is 0 Å². The number of carboxylic acid groups (broad SMARTS) is 1. The van der Waals surface area contributed by atoms with Gasteiger partial charge in [-0.15, -0.1) is 11.3 Å². The summed E-state index contributed by atoms with van der Waals surface area (Å²) < 4.78 is 0. The third-order valence-corrected chi connectivity index (χ3v) is 5.16. The molecule has 0 saturated carbocycles. The van der Waals surface area contributed by atoms with E-state index < -0.39 is 6.09 Å². The summed E-state index contributed by atoms with van der Waals surface area (Å²) in [6.45, 7) is 0.511. The van der Waals surface area contributed by atoms with E-state index in [4.69, 9.17) is 5.11 Å². The standard InChI is InChI=1S/C9H11Br2NO2S/c10-6-7(11)3-4-12(9(13)14)8-2-1-5-15-8/h1-2,5,7H,3-4,6H2,(H,13,14). The van der Waals surface area contributed by atoms with Gasteiger partial charge in [0.15, 0.2) is 0 Å². The van der Waals surface area contributed by atoms with Gasteiger partial charge in [-0.2, -0.15) is 0 Å². The zero-order chi connectivity index (χ0) is 11.3. The number of hydrogen-bond donors (Lipinski definition) is 1. The Morgan fingerprint density at radius 1 is 1.67 bits per heavy atom. The number of hydrogen-bond acceptors (Lipinski definition) is 2. The first-order valence-corrected chi connectivity index (χ1v) is 7.31. The van der Waals surface area contributed by atoms with Crippen molar-refractivity contribution in [1.82, 2.24) is 0 Å². The molecule has 0 spiro atoms. The molecule has 1 unspecified atom stereocenters. The molecule has 1 rings (SSSR count). The lowest BCUT2D eigenvalue weighted by Gasteiger charge is -2.18. The van der Waals surface area contributed by atoms with Gasteiger partial charge in [0.2, 0.25) is 0 Å². The van der Waals surface area contributed by atoms with Gasteiger partial charge < -0.3 is 5.11 Å². The van der Waals surface area contributed by atoms with Crippen molar-refractivity contribution in [2.75, 3.05) is 16.8 Å². The lowest BCUT2D eigenvalue weighted by atomic mass is 10.3. The first-order chi connectivity index (χ1) is 7.15. The van der Waals surface area contributed by atoms with Crippen molar-refractivity contribution in [1.29, 1.82) is 0 Å². The smallest absolute Gasteiger partial charge is 0.412 e. The summed E-state index contributed by atoms with van der Waals surface area (Å²) >= 11 is 8.23. The number of nitrogens with zero attached hydrogens (tertiary/aromatic N) is 1. The van der Waals surface area contributed by atoms with Gasteiger partial charge in [0.1, 0.15) is 5.00 Å². The van der Waals surface area contributed by atoms with E-state index in [0.717, 1.165) is 16.8 Å². The van der Waals surface area contributed by atoms with Crippen LogP contribution in [0, 0.1) is 0 Å². The largest absolute Gasteiger partial charge is 0.465 e. The second-order valence-corrected chi connectivity index (χ2v) is 5.79. The molecule has 0 fully saturated rings. The summed E-state index contributed by atoms with van der Waals surface area (Å²) in [7, 11) is 0. The predicted molar refractivity (Wildman–Crippen MR) is 70.8 cm³/mol. The van der Waals surface area contributed by atoms with Crippen LogP contribution in [0.5, 0.6) is 0 Å². The number of carbonyl (C=O) groups is 1. The highest BCUT2D eigenvalue weighted by atomic mass is 79.9. The van der Waals surface area contributed by atoms with Crippen LogP contribution in [0.2, 0.25) is 0 Å². The number of anilines is 1. The molecule has 1 heterocycles. The first kappa shape index (κ1) is 13.0. The van der Waals surface area contributed by atoms with Crippen molar-refractivity contribution >= 4 is 54.3 Å². The summed E-state index contributed by atoms with van der Waals surface area (Å²) in [5.41, 5.74) is 0. The fourth-order valence-electron chi connectivity index (χ4n) is 1.07. The molecule has 0 aliphatic heterocycles. The van der Waals surface area contributed by atoms with Gasteiger partial charge in [0, 0.05) is 16.7 Å². The third kappa shape index (κ3) is 4.12. The third-order valence-electron chi connectivity index (χ3n) is 1.84. The Morgan fingerprint density at radius 2 is 2.40 bits per heavy atom. The average molecular weight is 357 g/mol. The molecular formula is C9H11Br2NO2S. The van der Waals surface area contributed by atoms with Crippen LogP contribution in [0.15, 0.2) is 17.5 Å². The Balaban J connectivity index is 2.57. The van der Waals surface area contributed by atoms with E-state index in [1.54, 1.807) is 0 Å². The minimum Gasteiger partial charge on any atom is -0.465 e. The average Bonchev–Trinajstić information content (AvgIpc) is 2.70. The van der Waals surface area contributed by atoms with Crippen molar-refractivity contribution in [3.05, 3.63) is 17.5 Å². The predicted octanol–water partition coefficient (Wildman–Crippen LogP) is 3.78. The summed E-state index contributed by atoms with van der Waals surface area (Å²) in [4.78, 5) is 12.7. The van der Waals surface area contributed by atoms with E-state index in [0.29, 0.717) is 11.4 Å². The number of halogens is 2. The Bertz CT molecular complexity index is 305. The molecule has 1 aromatic rings. The van der Waals surface area contributed by atoms with E-state index in [2.05, 4.69) is 31.9 Å². The molecule has 1 N–H and O–H groups in total. The highest BCUT2D eigenvalue weighted by molar-refractivity contribution is 9.12. The van der Waals surface area contributed by atoms with Gasteiger partial charge in [0.25, 0.3) is 0 Å². The number of thiophene rings is 1. The molecule has 0 bridgehead atoms. The van der Waals surface area contributed by atoms with Crippen LogP contribution in [0.1, 0.15) is 6.42 Å². The van der Waals surface area contributed by atoms with Gasteiger partial charge in [-0.3, -0.25) is 4.90 Å². The molecule has 0 saturated heterocycles. The van der Waals surface area contributed by atoms with Crippen LogP contribution in [-0.4, -0.2) is 27.9 Å². The Morgan fingerprint density at radius 3 is 2.87 bits per heavy atom. The van der Waals surface area contributed by atoms with Crippen LogP contribution in [-0.2, 0) is 0 Å². The van der Waals surface area contributed by atoms with Gasteiger partial charge in [-0.1, -0.05) is 31.9 Å². The molecule has 0 aliphatic rings. The molecular weight excluding hydrogens is 346 g/mol. The van der Waals surface area contributed by atoms with Crippen molar-refractivity contribution in [2.24, 2.45) is 0 Å². The van der Waals surface area contributed by atoms with Crippen LogP contribution in [0.3, 0.4) is 0 Å². The Hall–Kier alpha value is -0.0700. The lowest BCUT2D eigenvalue weighted by Crippen LogP contribution is -2.30. The van der Waals surface area contributed by atoms with Crippen LogP contribution < -0.4 is 4.90 Å². The second kappa shape index (κ2) is 6.50. The number of alkyl halides is 2. The molecule has 0 aromatic carbocycles. The van der Waals surface area contributed by atoms with Gasteiger partial charge in [-0.25, -0.2) is 4.79 Å². The fraction of sp³-hybridized carbons (Fsp3) is 0.444. The molecule has 0 radical (unpaired) electrons. The first-order valence-electron chi connectivity index (χ1n) is 4.39. The Labute approximate surface area is 109 Å². The highest BCUT2D eigenvalue weighted by Crippen LogP contribution is 2.22. The molecule has 1 atom stereocenters. The topological polar surface area (TPSA) is 40.5 Å². The molecule has 3 nitrogen and oxygen atoms in total. The fourth-order valence-corrected chi connectivity index (χ4v) is 2.35. The van der Waals surface area contributed by atoms with Gasteiger partial charge >= 0.3 is 6.09 Å². The van der Waals surface area contributed by atoms with Crippen LogP contribution >= 0.6 is 43.2 Å². The lowest BCUT2D eigenvalue weighted by molar-refractivity contribution is 0.202. The minimum absolute atomic E-state index is 0.305. The summed E-state index contributed by atoms with van der Waals surface area (Å²) in [6, 6.07) is 3.67. The second-order valence-electron chi connectivity index (χ2n) is 2.93. The normalized spacial score (nSPS) is 12.4. The van der Waals surface area contributed by atoms with E-state index >= 15 is 0 Å². The molecule has 6 heteroatoms. The maximum absolute atomic E-state index is 11.0. The quantitative estimate of drug-likeness (QED) is 0.815. The summed E-state index contributed by atoms with van der Waals surface area (Å²) in [5, 5.41) is 12.5. The molecule has 15 heavy (non-hydrogen) atoms. The van der Waals surface area contributed by atoms with E-state index in [1.165, 1.54) is 16.2 Å². The van der Waals surface area contributed by atoms with E-state index in [-0.39, 0.29) is 0 Å². The number of rotatable bonds is 5. The Kier molecular flexibility index (Phi) is 5.63. The zero-order valence-corrected chi connectivity index (χ0v) is 11.9. The van der Waals surface area contributed by atoms with Crippen LogP contribution in [0.25, 0.3) is 0 Å². The SMILES string of the molecule is O=C(O)N(CCC(Br)CBr)c1cccs1. The van der Waals surface area contributed by atoms with E-state index in [9.17, 15) is 4.79 Å². The van der Waals surface area contributed by atoms with Crippen molar-refractivity contribution < 1.29 is 9.90 Å². The zero-order valence-electron chi connectivity index (χ0n) is 7.90. The molecule has 0 aliphatic carbocycles. The molecule has 84 valence electrons. The number of amides is 1. The maximum atomic E-state index is 11.0. The highest BCUT2D eigenvalue weighted by Gasteiger charge is 2.16. The van der Waals surface area contributed by atoms with E-state index in [1.807, 2.05) is 17.5 Å². The summed E-state index contributed by atoms with van der Waals surface area (Å²) in [5.74, 6) is 0. The molecule has 1 aromatic heterocycles. The minimum atomic E-state index is -0.897.